The van der Waals surface area contributed by atoms with E-state index in [0.717, 1.165) is 5.56 Å². The van der Waals surface area contributed by atoms with Gasteiger partial charge >= 0.3 is 0 Å². The van der Waals surface area contributed by atoms with E-state index >= 15 is 0 Å². The molecule has 0 bridgehead atoms. The first-order valence-corrected chi connectivity index (χ1v) is 10.4. The highest BCUT2D eigenvalue weighted by Crippen LogP contribution is 2.26. The van der Waals surface area contributed by atoms with Crippen molar-refractivity contribution in [3.63, 3.8) is 0 Å². The van der Waals surface area contributed by atoms with E-state index < -0.39 is 14.6 Å². The number of benzene rings is 2. The number of ketones is 1. The van der Waals surface area contributed by atoms with E-state index in [1.165, 1.54) is 12.1 Å². The maximum absolute atomic E-state index is 12.4. The average molecular weight is 389 g/mol. The Morgan fingerprint density at radius 1 is 0.852 bits per heavy atom. The van der Waals surface area contributed by atoms with Crippen molar-refractivity contribution in [2.24, 2.45) is 0 Å². The molecule has 146 valence electrons. The zero-order valence-electron chi connectivity index (χ0n) is 16.9. The van der Waals surface area contributed by atoms with Crippen LogP contribution < -0.4 is 4.74 Å². The molecule has 0 amide bonds. The molecule has 27 heavy (non-hydrogen) atoms. The van der Waals surface area contributed by atoms with Crippen LogP contribution in [0.3, 0.4) is 0 Å². The summed E-state index contributed by atoms with van der Waals surface area (Å²) in [6.07, 6.45) is 0. The number of Topliss-reactive ketones (excluding diaryl/α,β-unsaturated/α-hetero) is 1. The second-order valence-electron chi connectivity index (χ2n) is 8.63. The van der Waals surface area contributed by atoms with Crippen LogP contribution >= 0.6 is 0 Å². The van der Waals surface area contributed by atoms with E-state index in [4.69, 9.17) is 4.74 Å². The van der Waals surface area contributed by atoms with Crippen LogP contribution in [0.1, 0.15) is 57.5 Å². The molecule has 0 aliphatic rings. The van der Waals surface area contributed by atoms with Gasteiger partial charge in [-0.2, -0.15) is 0 Å². The molecule has 0 saturated carbocycles. The minimum Gasteiger partial charge on any atom is -0.485 e. The third-order valence-corrected chi connectivity index (χ3v) is 6.89. The summed E-state index contributed by atoms with van der Waals surface area (Å²) in [7, 11) is -3.41. The molecule has 2 aromatic rings. The number of carbonyl (C=O) groups excluding carboxylic acids is 1. The first-order valence-electron chi connectivity index (χ1n) is 8.93. The Labute approximate surface area is 162 Å². The van der Waals surface area contributed by atoms with E-state index in [9.17, 15) is 13.2 Å². The Balaban J connectivity index is 2.04. The Morgan fingerprint density at radius 2 is 1.37 bits per heavy atom. The van der Waals surface area contributed by atoms with Gasteiger partial charge in [0, 0.05) is 5.56 Å². The molecule has 0 fully saturated rings. The summed E-state index contributed by atoms with van der Waals surface area (Å²) in [6, 6.07) is 13.7. The Morgan fingerprint density at radius 3 is 1.81 bits per heavy atom. The van der Waals surface area contributed by atoms with Gasteiger partial charge in [0.25, 0.3) is 0 Å². The molecule has 2 aromatic carbocycles. The molecule has 0 aliphatic carbocycles. The van der Waals surface area contributed by atoms with Crippen molar-refractivity contribution in [3.8, 4) is 5.75 Å². The smallest absolute Gasteiger partial charge is 0.200 e. The van der Waals surface area contributed by atoms with Crippen LogP contribution in [0.15, 0.2) is 53.4 Å². The van der Waals surface area contributed by atoms with Gasteiger partial charge in [0.2, 0.25) is 0 Å². The number of rotatable bonds is 5. The molecule has 0 spiro atoms. The maximum Gasteiger partial charge on any atom is 0.200 e. The highest BCUT2D eigenvalue weighted by atomic mass is 32.2. The summed E-state index contributed by atoms with van der Waals surface area (Å²) >= 11 is 0. The van der Waals surface area contributed by atoms with E-state index in [1.807, 2.05) is 24.3 Å². The van der Waals surface area contributed by atoms with Crippen LogP contribution in [0.2, 0.25) is 0 Å². The zero-order chi connectivity index (χ0) is 20.5. The summed E-state index contributed by atoms with van der Waals surface area (Å²) in [5.41, 5.74) is 1.79. The largest absolute Gasteiger partial charge is 0.485 e. The van der Waals surface area contributed by atoms with Crippen molar-refractivity contribution >= 4 is 15.6 Å². The summed E-state index contributed by atoms with van der Waals surface area (Å²) < 4.78 is 29.5. The highest BCUT2D eigenvalue weighted by molar-refractivity contribution is 7.92. The van der Waals surface area contributed by atoms with Gasteiger partial charge in [-0.1, -0.05) is 45.0 Å². The lowest BCUT2D eigenvalue weighted by Gasteiger charge is -2.19. The lowest BCUT2D eigenvalue weighted by atomic mass is 9.86. The minimum absolute atomic E-state index is 0.0349. The summed E-state index contributed by atoms with van der Waals surface area (Å²) in [4.78, 5) is 12.6. The fourth-order valence-corrected chi connectivity index (χ4v) is 3.66. The predicted molar refractivity (Wildman–Crippen MR) is 108 cm³/mol. The molecule has 2 rings (SSSR count). The van der Waals surface area contributed by atoms with Gasteiger partial charge < -0.3 is 4.74 Å². The molecular weight excluding hydrogens is 360 g/mol. The average Bonchev–Trinajstić information content (AvgIpc) is 2.58. The number of carbonyl (C=O) groups is 1. The van der Waals surface area contributed by atoms with Crippen molar-refractivity contribution in [2.75, 3.05) is 6.61 Å². The van der Waals surface area contributed by atoms with Gasteiger partial charge in [-0.15, -0.1) is 0 Å². The minimum atomic E-state index is -3.41. The molecule has 4 nitrogen and oxygen atoms in total. The van der Waals surface area contributed by atoms with Crippen LogP contribution in [0.5, 0.6) is 5.75 Å². The predicted octanol–water partition coefficient (Wildman–Crippen LogP) is 4.82. The number of ether oxygens (including phenoxy) is 1. The Bertz CT molecular complexity index is 895. The number of sulfone groups is 1. The molecule has 0 unspecified atom stereocenters. The van der Waals surface area contributed by atoms with Gasteiger partial charge in [0.15, 0.2) is 22.2 Å². The lowest BCUT2D eigenvalue weighted by molar-refractivity contribution is 0.0921. The number of hydrogen-bond donors (Lipinski definition) is 0. The van der Waals surface area contributed by atoms with Crippen LogP contribution in [0, 0.1) is 0 Å². The molecule has 0 aromatic heterocycles. The van der Waals surface area contributed by atoms with Crippen molar-refractivity contribution in [2.45, 2.75) is 56.6 Å². The Hall–Kier alpha value is -2.14. The van der Waals surface area contributed by atoms with Crippen molar-refractivity contribution in [1.82, 2.24) is 0 Å². The van der Waals surface area contributed by atoms with Gasteiger partial charge in [-0.25, -0.2) is 8.42 Å². The van der Waals surface area contributed by atoms with E-state index in [-0.39, 0.29) is 22.7 Å². The molecule has 0 radical (unpaired) electrons. The second kappa shape index (κ2) is 7.47. The van der Waals surface area contributed by atoms with E-state index in [1.54, 1.807) is 32.9 Å². The summed E-state index contributed by atoms with van der Waals surface area (Å²) in [5, 5.41) is 0. The van der Waals surface area contributed by atoms with E-state index in [0.29, 0.717) is 11.3 Å². The normalized spacial score (nSPS) is 12.7. The van der Waals surface area contributed by atoms with Crippen molar-refractivity contribution < 1.29 is 17.9 Å². The quantitative estimate of drug-likeness (QED) is 0.689. The van der Waals surface area contributed by atoms with Gasteiger partial charge in [0.1, 0.15) is 5.75 Å². The second-order valence-corrected chi connectivity index (χ2v) is 11.3. The molecular formula is C22H28O4S. The Kier molecular flexibility index (Phi) is 5.85. The zero-order valence-corrected chi connectivity index (χ0v) is 17.7. The van der Waals surface area contributed by atoms with Gasteiger partial charge in [-0.3, -0.25) is 4.79 Å². The van der Waals surface area contributed by atoms with Crippen molar-refractivity contribution in [3.05, 3.63) is 59.7 Å². The molecule has 0 atom stereocenters. The summed E-state index contributed by atoms with van der Waals surface area (Å²) in [6.45, 7) is 11.3. The van der Waals surface area contributed by atoms with Crippen LogP contribution in [0.25, 0.3) is 0 Å². The van der Waals surface area contributed by atoms with Gasteiger partial charge in [-0.05, 0) is 56.0 Å². The standard InChI is InChI=1S/C22H28O4S/c1-21(2,3)17-9-7-16(8-10-17)20(23)15-26-18-11-13-19(14-12-18)27(24,25)22(4,5)6/h7-14H,15H2,1-6H3. The molecule has 0 aliphatic heterocycles. The molecule has 0 saturated heterocycles. The molecule has 0 heterocycles. The fourth-order valence-electron chi connectivity index (χ4n) is 2.46. The monoisotopic (exact) mass is 388 g/mol. The lowest BCUT2D eigenvalue weighted by Crippen LogP contribution is -2.27. The first-order chi connectivity index (χ1) is 12.3. The van der Waals surface area contributed by atoms with Crippen LogP contribution in [-0.4, -0.2) is 25.6 Å². The van der Waals surface area contributed by atoms with Crippen LogP contribution in [-0.2, 0) is 15.3 Å². The van der Waals surface area contributed by atoms with Gasteiger partial charge in [0.05, 0.1) is 9.64 Å². The molecule has 0 N–H and O–H groups in total. The molecule has 5 heteroatoms. The third-order valence-electron chi connectivity index (χ3n) is 4.38. The topological polar surface area (TPSA) is 60.4 Å². The first kappa shape index (κ1) is 21.2. The van der Waals surface area contributed by atoms with Crippen molar-refractivity contribution in [1.29, 1.82) is 0 Å². The third kappa shape index (κ3) is 4.98. The highest BCUT2D eigenvalue weighted by Gasteiger charge is 2.30. The fraction of sp³-hybridized carbons (Fsp3) is 0.409. The van der Waals surface area contributed by atoms with E-state index in [2.05, 4.69) is 20.8 Å². The SMILES string of the molecule is CC(C)(C)c1ccc(C(=O)COc2ccc(S(=O)(=O)C(C)(C)C)cc2)cc1. The number of hydrogen-bond acceptors (Lipinski definition) is 4. The maximum atomic E-state index is 12.4. The summed E-state index contributed by atoms with van der Waals surface area (Å²) in [5.74, 6) is 0.337. The van der Waals surface area contributed by atoms with Crippen LogP contribution in [0.4, 0.5) is 0 Å².